The van der Waals surface area contributed by atoms with E-state index in [-0.39, 0.29) is 12.8 Å². The second kappa shape index (κ2) is 12.6. The average molecular weight is 603 g/mol. The number of hydrogen-bond acceptors (Lipinski definition) is 10. The summed E-state index contributed by atoms with van der Waals surface area (Å²) in [5.41, 5.74) is 20.3. The minimum absolute atomic E-state index is 0.000446. The molecular weight excluding hydrogens is 576 g/mol. The predicted octanol–water partition coefficient (Wildman–Crippen LogP) is 1.42. The van der Waals surface area contributed by atoms with Gasteiger partial charge in [-0.15, -0.1) is 11.3 Å². The van der Waals surface area contributed by atoms with Crippen molar-refractivity contribution >= 4 is 108 Å². The van der Waals surface area contributed by atoms with Crippen molar-refractivity contribution in [2.75, 3.05) is 0 Å². The summed E-state index contributed by atoms with van der Waals surface area (Å²) in [6.45, 7) is 0.330. The van der Waals surface area contributed by atoms with Gasteiger partial charge in [0.25, 0.3) is 0 Å². The van der Waals surface area contributed by atoms with Crippen molar-refractivity contribution in [1.29, 1.82) is 0 Å². The van der Waals surface area contributed by atoms with Gasteiger partial charge in [0, 0.05) is 15.8 Å². The molecule has 5 aromatic rings. The third-order valence-electron chi connectivity index (χ3n) is 6.66. The number of nitrogens with two attached hydrogens (primary N) is 3. The first-order valence-electron chi connectivity index (χ1n) is 12.9. The maximum Gasteiger partial charge on any atom is 0.430 e. The smallest absolute Gasteiger partial charge is 0.430 e. The molecule has 0 radical (unpaired) electrons. The van der Waals surface area contributed by atoms with Gasteiger partial charge in [0.2, 0.25) is 5.91 Å². The Bertz CT molecular complexity index is 1690. The minimum atomic E-state index is -0.968. The Morgan fingerprint density at radius 2 is 1.29 bits per heavy atom. The number of carbonyl (C=O) groups excluding carboxylic acids is 3. The van der Waals surface area contributed by atoms with E-state index in [4.69, 9.17) is 26.5 Å². The summed E-state index contributed by atoms with van der Waals surface area (Å²) in [5.74, 6) is -1.60. The molecule has 2 atom stereocenters. The molecule has 2 unspecified atom stereocenters. The highest BCUT2D eigenvalue weighted by atomic mass is 32.1. The summed E-state index contributed by atoms with van der Waals surface area (Å²) in [5, 5.41) is 9.73. The van der Waals surface area contributed by atoms with Gasteiger partial charge in [-0.2, -0.15) is 22.7 Å². The van der Waals surface area contributed by atoms with Gasteiger partial charge in [0.05, 0.1) is 6.04 Å². The molecule has 5 rings (SSSR count). The quantitative estimate of drug-likeness (QED) is 0.194. The highest BCUT2D eigenvalue weighted by Crippen LogP contribution is 2.32. The van der Waals surface area contributed by atoms with E-state index in [2.05, 4.69) is 0 Å². The van der Waals surface area contributed by atoms with Crippen LogP contribution in [0.1, 0.15) is 19.8 Å². The van der Waals surface area contributed by atoms with E-state index in [1.54, 1.807) is 18.3 Å². The molecule has 0 aliphatic carbocycles. The fourth-order valence-electron chi connectivity index (χ4n) is 4.49. The van der Waals surface area contributed by atoms with E-state index in [0.29, 0.717) is 0 Å². The minimum Gasteiger partial charge on any atom is -0.525 e. The standard InChI is InChI=1S/C28H27B2N3O5S3/c1-16(31)27(35)37-29(19-8-10-39-14-19)17-2-5-24-21(12-17)22-13-18(3-6-25(22)41-24)30(20-9-11-40-15-20)38-28(36)23(32)4-7-26(33)34/h2-3,5-6,8-16,23H,4,7,31-32H2,1H3,(H2,33,34). The van der Waals surface area contributed by atoms with Crippen molar-refractivity contribution in [1.82, 2.24) is 0 Å². The highest BCUT2D eigenvalue weighted by Gasteiger charge is 2.31. The zero-order valence-electron chi connectivity index (χ0n) is 22.1. The third-order valence-corrected chi connectivity index (χ3v) is 9.21. The van der Waals surface area contributed by atoms with Crippen LogP contribution in [0.4, 0.5) is 0 Å². The average Bonchev–Trinajstić information content (AvgIpc) is 3.74. The molecule has 0 spiro atoms. The Morgan fingerprint density at radius 1 is 0.780 bits per heavy atom. The van der Waals surface area contributed by atoms with Crippen LogP contribution in [-0.4, -0.2) is 43.8 Å². The molecule has 1 amide bonds. The van der Waals surface area contributed by atoms with Crippen LogP contribution in [0.25, 0.3) is 20.2 Å². The molecule has 6 N–H and O–H groups in total. The molecule has 0 fully saturated rings. The van der Waals surface area contributed by atoms with Gasteiger partial charge in [-0.05, 0) is 79.6 Å². The first-order valence-corrected chi connectivity index (χ1v) is 15.6. The summed E-state index contributed by atoms with van der Waals surface area (Å²) in [4.78, 5) is 36.5. The summed E-state index contributed by atoms with van der Waals surface area (Å²) in [6, 6.07) is 14.2. The summed E-state index contributed by atoms with van der Waals surface area (Å²) in [7, 11) is 0. The molecular formula is C28H27B2N3O5S3. The number of rotatable bonds is 11. The Hall–Kier alpha value is -3.48. The lowest BCUT2D eigenvalue weighted by Gasteiger charge is -2.17. The lowest BCUT2D eigenvalue weighted by Crippen LogP contribution is -2.49. The molecule has 3 heterocycles. The number of fused-ring (bicyclic) bond motifs is 3. The third kappa shape index (κ3) is 6.55. The van der Waals surface area contributed by atoms with Gasteiger partial charge >= 0.3 is 25.8 Å². The van der Waals surface area contributed by atoms with Crippen molar-refractivity contribution in [2.24, 2.45) is 17.2 Å². The van der Waals surface area contributed by atoms with Crippen LogP contribution < -0.4 is 39.1 Å². The van der Waals surface area contributed by atoms with E-state index in [9.17, 15) is 14.4 Å². The van der Waals surface area contributed by atoms with Crippen LogP contribution in [0.5, 0.6) is 0 Å². The molecule has 0 bridgehead atoms. The molecule has 13 heteroatoms. The summed E-state index contributed by atoms with van der Waals surface area (Å²) in [6.07, 6.45) is 0.112. The first-order chi connectivity index (χ1) is 19.7. The largest absolute Gasteiger partial charge is 0.525 e. The predicted molar refractivity (Wildman–Crippen MR) is 170 cm³/mol. The Balaban J connectivity index is 1.53. The molecule has 3 aromatic heterocycles. The van der Waals surface area contributed by atoms with E-state index in [1.165, 1.54) is 22.7 Å². The number of amides is 1. The molecule has 2 aromatic carbocycles. The maximum atomic E-state index is 12.9. The summed E-state index contributed by atoms with van der Waals surface area (Å²) < 4.78 is 13.9. The lowest BCUT2D eigenvalue weighted by atomic mass is 9.55. The van der Waals surface area contributed by atoms with Crippen molar-refractivity contribution in [3.63, 3.8) is 0 Å². The summed E-state index contributed by atoms with van der Waals surface area (Å²) >= 11 is 4.68. The fourth-order valence-corrected chi connectivity index (χ4v) is 6.90. The van der Waals surface area contributed by atoms with E-state index >= 15 is 0 Å². The molecule has 0 saturated heterocycles. The number of benzene rings is 2. The van der Waals surface area contributed by atoms with Crippen LogP contribution in [-0.2, 0) is 23.7 Å². The van der Waals surface area contributed by atoms with Crippen molar-refractivity contribution < 1.29 is 23.7 Å². The zero-order valence-corrected chi connectivity index (χ0v) is 24.6. The normalized spacial score (nSPS) is 12.7. The lowest BCUT2D eigenvalue weighted by molar-refractivity contribution is -0.136. The molecule has 41 heavy (non-hydrogen) atoms. The van der Waals surface area contributed by atoms with E-state index in [1.807, 2.05) is 70.1 Å². The molecule has 208 valence electrons. The van der Waals surface area contributed by atoms with Crippen LogP contribution in [0, 0.1) is 0 Å². The number of hydrogen-bond donors (Lipinski definition) is 3. The number of primary amides is 1. The Labute approximate surface area is 249 Å². The highest BCUT2D eigenvalue weighted by molar-refractivity contribution is 7.26. The van der Waals surface area contributed by atoms with E-state index in [0.717, 1.165) is 42.0 Å². The van der Waals surface area contributed by atoms with Gasteiger partial charge in [0.1, 0.15) is 6.04 Å². The van der Waals surface area contributed by atoms with Crippen LogP contribution in [0.2, 0.25) is 0 Å². The Kier molecular flexibility index (Phi) is 8.91. The second-order valence-electron chi connectivity index (χ2n) is 9.76. The van der Waals surface area contributed by atoms with Crippen LogP contribution in [0.3, 0.4) is 0 Å². The molecule has 8 nitrogen and oxygen atoms in total. The fraction of sp³-hybridized carbons (Fsp3) is 0.179. The SMILES string of the molecule is CC(N)C(=O)OB(c1ccsc1)c1ccc2sc3ccc(B(OC(=O)C(N)CCC(N)=O)c4ccsc4)cc3c2c1. The van der Waals surface area contributed by atoms with Gasteiger partial charge in [0.15, 0.2) is 0 Å². The van der Waals surface area contributed by atoms with Crippen molar-refractivity contribution in [2.45, 2.75) is 31.8 Å². The molecule has 0 aliphatic heterocycles. The van der Waals surface area contributed by atoms with Gasteiger partial charge in [-0.25, -0.2) is 0 Å². The molecule has 0 aliphatic rings. The maximum absolute atomic E-state index is 12.9. The Morgan fingerprint density at radius 3 is 1.73 bits per heavy atom. The van der Waals surface area contributed by atoms with E-state index < -0.39 is 43.8 Å². The second-order valence-corrected chi connectivity index (χ2v) is 12.4. The van der Waals surface area contributed by atoms with Crippen LogP contribution in [0.15, 0.2) is 70.1 Å². The first kappa shape index (κ1) is 29.0. The van der Waals surface area contributed by atoms with Gasteiger partial charge in [-0.3, -0.25) is 14.4 Å². The van der Waals surface area contributed by atoms with Gasteiger partial charge in [-0.1, -0.05) is 36.4 Å². The van der Waals surface area contributed by atoms with Gasteiger partial charge < -0.3 is 26.5 Å². The monoisotopic (exact) mass is 603 g/mol. The topological polar surface area (TPSA) is 148 Å². The number of thiophene rings is 3. The molecule has 0 saturated carbocycles. The number of carbonyl (C=O) groups is 3. The van der Waals surface area contributed by atoms with Crippen LogP contribution >= 0.6 is 34.0 Å². The van der Waals surface area contributed by atoms with Crippen molar-refractivity contribution in [3.05, 3.63) is 70.1 Å². The van der Waals surface area contributed by atoms with Crippen molar-refractivity contribution in [3.8, 4) is 0 Å². The zero-order chi connectivity index (χ0) is 29.1.